The molecule has 0 saturated carbocycles. The smallest absolute Gasteiger partial charge is 0.251 e. The summed E-state index contributed by atoms with van der Waals surface area (Å²) in [5, 5.41) is 6.24. The molecule has 3 aromatic carbocycles. The number of rotatable bonds is 6. The third-order valence-electron chi connectivity index (χ3n) is 4.82. The Morgan fingerprint density at radius 2 is 1.61 bits per heavy atom. The van der Waals surface area contributed by atoms with Crippen LogP contribution in [0.5, 0.6) is 11.5 Å². The zero-order valence-corrected chi connectivity index (χ0v) is 17.4. The second-order valence-corrected chi connectivity index (χ2v) is 7.51. The maximum atomic E-state index is 13.1. The first-order chi connectivity index (χ1) is 15.1. The lowest BCUT2D eigenvalue weighted by atomic mass is 10.0. The van der Waals surface area contributed by atoms with Gasteiger partial charge in [0.05, 0.1) is 0 Å². The number of halogens is 1. The number of hydrogen-bond acceptors (Lipinski definition) is 4. The average molecular weight is 437 g/mol. The van der Waals surface area contributed by atoms with Gasteiger partial charge in [-0.3, -0.25) is 9.59 Å². The molecule has 7 heteroatoms. The fourth-order valence-corrected chi connectivity index (χ4v) is 3.38. The number of ether oxygens (including phenoxy) is 2. The van der Waals surface area contributed by atoms with Crippen molar-refractivity contribution in [3.63, 3.8) is 0 Å². The molecule has 0 fully saturated rings. The molecule has 3 aromatic rings. The van der Waals surface area contributed by atoms with Crippen LogP contribution in [-0.4, -0.2) is 31.1 Å². The van der Waals surface area contributed by atoms with Crippen LogP contribution in [-0.2, 0) is 11.2 Å². The number of hydrogen-bond donors (Lipinski definition) is 2. The third-order valence-corrected chi connectivity index (χ3v) is 5.07. The number of nitrogens with one attached hydrogen (secondary N) is 2. The van der Waals surface area contributed by atoms with Gasteiger partial charge >= 0.3 is 0 Å². The standard InChI is InChI=1S/C24H21ClN2O4/c25-18-8-6-17(7-9-18)23(28)27-20(14-16-4-2-1-3-5-16)24(29)26-19-10-11-21-22(15-19)31-13-12-30-21/h1-11,15,20H,12-14H2,(H,26,29)(H,27,28). The summed E-state index contributed by atoms with van der Waals surface area (Å²) in [6.07, 6.45) is 0.344. The molecule has 1 aliphatic heterocycles. The number of fused-ring (bicyclic) bond motifs is 1. The van der Waals surface area contributed by atoms with Crippen LogP contribution in [0.1, 0.15) is 15.9 Å². The number of carbonyl (C=O) groups excluding carboxylic acids is 2. The fourth-order valence-electron chi connectivity index (χ4n) is 3.25. The molecule has 0 radical (unpaired) electrons. The summed E-state index contributed by atoms with van der Waals surface area (Å²) in [7, 11) is 0. The Balaban J connectivity index is 1.52. The number of amides is 2. The summed E-state index contributed by atoms with van der Waals surface area (Å²) in [6.45, 7) is 0.951. The molecule has 6 nitrogen and oxygen atoms in total. The van der Waals surface area contributed by atoms with Crippen molar-refractivity contribution in [2.45, 2.75) is 12.5 Å². The molecule has 2 amide bonds. The molecule has 1 aliphatic rings. The molecule has 2 N–H and O–H groups in total. The first-order valence-electron chi connectivity index (χ1n) is 9.89. The maximum Gasteiger partial charge on any atom is 0.251 e. The van der Waals surface area contributed by atoms with Gasteiger partial charge in [0.2, 0.25) is 5.91 Å². The maximum absolute atomic E-state index is 13.1. The van der Waals surface area contributed by atoms with Crippen molar-refractivity contribution in [1.29, 1.82) is 0 Å². The highest BCUT2D eigenvalue weighted by Gasteiger charge is 2.23. The SMILES string of the molecule is O=C(NC(Cc1ccccc1)C(=O)Nc1ccc2c(c1)OCCO2)c1ccc(Cl)cc1. The van der Waals surface area contributed by atoms with Gasteiger partial charge in [-0.15, -0.1) is 0 Å². The highest BCUT2D eigenvalue weighted by Crippen LogP contribution is 2.32. The minimum atomic E-state index is -0.779. The topological polar surface area (TPSA) is 76.7 Å². The second kappa shape index (κ2) is 9.53. The van der Waals surface area contributed by atoms with Gasteiger partial charge in [-0.2, -0.15) is 0 Å². The van der Waals surface area contributed by atoms with Crippen LogP contribution in [0.4, 0.5) is 5.69 Å². The summed E-state index contributed by atoms with van der Waals surface area (Å²) in [4.78, 5) is 25.8. The molecule has 0 saturated heterocycles. The third kappa shape index (κ3) is 5.35. The Hall–Kier alpha value is -3.51. The predicted molar refractivity (Wildman–Crippen MR) is 119 cm³/mol. The lowest BCUT2D eigenvalue weighted by Gasteiger charge is -2.21. The first-order valence-corrected chi connectivity index (χ1v) is 10.3. The van der Waals surface area contributed by atoms with E-state index in [4.69, 9.17) is 21.1 Å². The molecule has 4 rings (SSSR count). The normalized spacial score (nSPS) is 13.2. The van der Waals surface area contributed by atoms with Gasteiger partial charge in [0.1, 0.15) is 19.3 Å². The van der Waals surface area contributed by atoms with Crippen LogP contribution in [0.15, 0.2) is 72.8 Å². The van der Waals surface area contributed by atoms with E-state index in [0.717, 1.165) is 5.56 Å². The molecule has 0 bridgehead atoms. The van der Waals surface area contributed by atoms with E-state index in [2.05, 4.69) is 10.6 Å². The quantitative estimate of drug-likeness (QED) is 0.610. The van der Waals surface area contributed by atoms with Gasteiger partial charge < -0.3 is 20.1 Å². The lowest BCUT2D eigenvalue weighted by Crippen LogP contribution is -2.45. The highest BCUT2D eigenvalue weighted by atomic mass is 35.5. The van der Waals surface area contributed by atoms with E-state index in [-0.39, 0.29) is 11.8 Å². The van der Waals surface area contributed by atoms with Crippen molar-refractivity contribution in [1.82, 2.24) is 5.32 Å². The second-order valence-electron chi connectivity index (χ2n) is 7.07. The Bertz CT molecular complexity index is 1070. The first kappa shape index (κ1) is 20.8. The molecule has 0 spiro atoms. The van der Waals surface area contributed by atoms with Gasteiger partial charge in [0.25, 0.3) is 5.91 Å². The van der Waals surface area contributed by atoms with Crippen LogP contribution in [0.25, 0.3) is 0 Å². The van der Waals surface area contributed by atoms with Crippen molar-refractivity contribution in [2.75, 3.05) is 18.5 Å². The average Bonchev–Trinajstić information content (AvgIpc) is 2.79. The van der Waals surface area contributed by atoms with Crippen LogP contribution >= 0.6 is 11.6 Å². The van der Waals surface area contributed by atoms with Gasteiger partial charge in [-0.05, 0) is 42.0 Å². The number of benzene rings is 3. The summed E-state index contributed by atoms with van der Waals surface area (Å²) >= 11 is 5.91. The Morgan fingerprint density at radius 1 is 0.903 bits per heavy atom. The largest absolute Gasteiger partial charge is 0.486 e. The molecule has 1 heterocycles. The lowest BCUT2D eigenvalue weighted by molar-refractivity contribution is -0.118. The van der Waals surface area contributed by atoms with E-state index < -0.39 is 6.04 Å². The van der Waals surface area contributed by atoms with Gasteiger partial charge in [0.15, 0.2) is 11.5 Å². The molecule has 1 unspecified atom stereocenters. The van der Waals surface area contributed by atoms with Crippen LogP contribution in [0.3, 0.4) is 0 Å². The van der Waals surface area contributed by atoms with Crippen LogP contribution in [0.2, 0.25) is 5.02 Å². The van der Waals surface area contributed by atoms with E-state index >= 15 is 0 Å². The summed E-state index contributed by atoms with van der Waals surface area (Å²) in [5.41, 5.74) is 1.92. The Labute approximate surface area is 185 Å². The van der Waals surface area contributed by atoms with Crippen molar-refractivity contribution in [3.05, 3.63) is 88.9 Å². The minimum Gasteiger partial charge on any atom is -0.486 e. The summed E-state index contributed by atoms with van der Waals surface area (Å²) < 4.78 is 11.1. The molecule has 158 valence electrons. The molecular weight excluding hydrogens is 416 g/mol. The fraction of sp³-hybridized carbons (Fsp3) is 0.167. The molecule has 31 heavy (non-hydrogen) atoms. The zero-order chi connectivity index (χ0) is 21.6. The van der Waals surface area contributed by atoms with Crippen LogP contribution in [0, 0.1) is 0 Å². The monoisotopic (exact) mass is 436 g/mol. The number of anilines is 1. The highest BCUT2D eigenvalue weighted by molar-refractivity contribution is 6.30. The van der Waals surface area contributed by atoms with E-state index in [9.17, 15) is 9.59 Å². The minimum absolute atomic E-state index is 0.331. The summed E-state index contributed by atoms with van der Waals surface area (Å²) in [5.74, 6) is 0.535. The van der Waals surface area contributed by atoms with E-state index in [1.165, 1.54) is 0 Å². The van der Waals surface area contributed by atoms with E-state index in [1.54, 1.807) is 42.5 Å². The zero-order valence-electron chi connectivity index (χ0n) is 16.6. The van der Waals surface area contributed by atoms with Gasteiger partial charge in [-0.1, -0.05) is 41.9 Å². The van der Waals surface area contributed by atoms with Crippen molar-refractivity contribution < 1.29 is 19.1 Å². The number of carbonyl (C=O) groups is 2. The molecule has 0 aromatic heterocycles. The van der Waals surface area contributed by atoms with E-state index in [1.807, 2.05) is 30.3 Å². The molecule has 0 aliphatic carbocycles. The predicted octanol–water partition coefficient (Wildman–Crippen LogP) is 4.09. The van der Waals surface area contributed by atoms with Crippen molar-refractivity contribution in [3.8, 4) is 11.5 Å². The molecule has 1 atom stereocenters. The van der Waals surface area contributed by atoms with Crippen LogP contribution < -0.4 is 20.1 Å². The molecular formula is C24H21ClN2O4. The Morgan fingerprint density at radius 3 is 2.35 bits per heavy atom. The Kier molecular flexibility index (Phi) is 6.38. The van der Waals surface area contributed by atoms with E-state index in [0.29, 0.717) is 47.4 Å². The van der Waals surface area contributed by atoms with Gasteiger partial charge in [0, 0.05) is 28.8 Å². The van der Waals surface area contributed by atoms with Crippen molar-refractivity contribution >= 4 is 29.1 Å². The van der Waals surface area contributed by atoms with Gasteiger partial charge in [-0.25, -0.2) is 0 Å². The summed E-state index contributed by atoms with van der Waals surface area (Å²) in [6, 6.07) is 20.5. The van der Waals surface area contributed by atoms with Crippen molar-refractivity contribution in [2.24, 2.45) is 0 Å².